The van der Waals surface area contributed by atoms with Crippen LogP contribution in [-0.2, 0) is 25.0 Å². The zero-order valence-corrected chi connectivity index (χ0v) is 40.6. The molecule has 5 aromatic rings. The molecule has 4 N–H and O–H groups in total. The normalized spacial score (nSPS) is 19.4. The number of carbonyl (C=O) groups is 4. The van der Waals surface area contributed by atoms with Gasteiger partial charge in [-0.25, -0.2) is 19.6 Å². The Morgan fingerprint density at radius 2 is 1.46 bits per heavy atom. The maximum Gasteiger partial charge on any atom is 0.407 e. The highest BCUT2D eigenvalue weighted by Gasteiger charge is 2.52. The molecule has 2 aliphatic carbocycles. The van der Waals surface area contributed by atoms with Gasteiger partial charge in [0.25, 0.3) is 5.92 Å². The molecule has 16 heteroatoms. The lowest BCUT2D eigenvalue weighted by Gasteiger charge is -2.39. The van der Waals surface area contributed by atoms with Gasteiger partial charge in [0.2, 0.25) is 11.8 Å². The highest BCUT2D eigenvalue weighted by Crippen LogP contribution is 2.53. The van der Waals surface area contributed by atoms with Gasteiger partial charge in [-0.2, -0.15) is 8.78 Å². The number of H-pyrrole nitrogens is 2. The average molecular weight is 935 g/mol. The van der Waals surface area contributed by atoms with Crippen molar-refractivity contribution in [3.8, 4) is 33.5 Å². The average Bonchev–Trinajstić information content (AvgIpc) is 4.18. The summed E-state index contributed by atoms with van der Waals surface area (Å²) in [5.74, 6) is -2.74. The zero-order chi connectivity index (χ0) is 49.0. The number of hydrogen-bond acceptors (Lipinski definition) is 8. The number of aromatic nitrogens is 4. The molecule has 3 heterocycles. The summed E-state index contributed by atoms with van der Waals surface area (Å²) in [4.78, 5) is 73.3. The van der Waals surface area contributed by atoms with Crippen molar-refractivity contribution in [1.82, 2.24) is 40.4 Å². The molecule has 2 fully saturated rings. The number of rotatable bonds is 15. The Balaban J connectivity index is 1.05. The smallest absolute Gasteiger partial charge is 0.407 e. The van der Waals surface area contributed by atoms with Crippen LogP contribution in [0.25, 0.3) is 44.5 Å². The summed E-state index contributed by atoms with van der Waals surface area (Å²) in [5, 5.41) is 5.45. The topological polar surface area (TPSA) is 175 Å². The molecule has 3 aliphatic rings. The van der Waals surface area contributed by atoms with Gasteiger partial charge in [-0.3, -0.25) is 9.59 Å². The molecule has 0 radical (unpaired) electrons. The van der Waals surface area contributed by atoms with Crippen LogP contribution in [0, 0.1) is 23.2 Å². The molecule has 14 nitrogen and oxygen atoms in total. The molecule has 2 aromatic heterocycles. The first kappa shape index (κ1) is 48.1. The van der Waals surface area contributed by atoms with Crippen molar-refractivity contribution >= 4 is 35.0 Å². The van der Waals surface area contributed by atoms with E-state index < -0.39 is 36.2 Å². The minimum Gasteiger partial charge on any atom is -0.453 e. The Kier molecular flexibility index (Phi) is 13.2. The molecule has 2 bridgehead atoms. The van der Waals surface area contributed by atoms with E-state index in [1.54, 1.807) is 35.4 Å². The monoisotopic (exact) mass is 934 g/mol. The number of likely N-dealkylation sites (tertiary alicyclic amines) is 1. The third kappa shape index (κ3) is 8.82. The molecule has 6 atom stereocenters. The predicted octanol–water partition coefficient (Wildman–Crippen LogP) is 10.3. The first-order chi connectivity index (χ1) is 32.3. The van der Waals surface area contributed by atoms with Crippen molar-refractivity contribution in [1.29, 1.82) is 0 Å². The van der Waals surface area contributed by atoms with Crippen molar-refractivity contribution in [2.24, 2.45) is 23.2 Å². The van der Waals surface area contributed by atoms with Gasteiger partial charge in [0.1, 0.15) is 23.7 Å². The quantitative estimate of drug-likeness (QED) is 0.0802. The number of fused-ring (bicyclic) bond motifs is 6. The van der Waals surface area contributed by atoms with Gasteiger partial charge < -0.3 is 39.9 Å². The summed E-state index contributed by atoms with van der Waals surface area (Å²) in [7, 11) is 2.54. The van der Waals surface area contributed by atoms with Gasteiger partial charge in [0.05, 0.1) is 43.0 Å². The number of piperidine rings is 1. The van der Waals surface area contributed by atoms with E-state index in [4.69, 9.17) is 19.4 Å². The second-order valence-electron chi connectivity index (χ2n) is 20.2. The number of imidazole rings is 2. The van der Waals surface area contributed by atoms with Crippen LogP contribution in [-0.4, -0.2) is 92.6 Å². The first-order valence-electron chi connectivity index (χ1n) is 23.8. The molecule has 0 spiro atoms. The van der Waals surface area contributed by atoms with Crippen LogP contribution in [0.5, 0.6) is 0 Å². The van der Waals surface area contributed by atoms with Gasteiger partial charge in [-0.05, 0) is 102 Å². The van der Waals surface area contributed by atoms with Crippen molar-refractivity contribution in [2.75, 3.05) is 20.8 Å². The number of amides is 4. The summed E-state index contributed by atoms with van der Waals surface area (Å²) >= 11 is 0. The van der Waals surface area contributed by atoms with Crippen molar-refractivity contribution in [3.63, 3.8) is 0 Å². The number of hydrogen-bond donors (Lipinski definition) is 4. The largest absolute Gasteiger partial charge is 0.453 e. The Morgan fingerprint density at radius 3 is 2.07 bits per heavy atom. The van der Waals surface area contributed by atoms with Crippen molar-refractivity contribution < 1.29 is 37.4 Å². The Bertz CT molecular complexity index is 2730. The van der Waals surface area contributed by atoms with E-state index in [1.165, 1.54) is 20.3 Å². The van der Waals surface area contributed by atoms with E-state index in [9.17, 15) is 19.2 Å². The number of nitrogens with zero attached hydrogens (tertiary/aromatic N) is 4. The number of nitrogens with one attached hydrogen (secondary N) is 4. The van der Waals surface area contributed by atoms with E-state index in [2.05, 4.69) is 41.4 Å². The van der Waals surface area contributed by atoms with Gasteiger partial charge in [-0.15, -0.1) is 0 Å². The highest BCUT2D eigenvalue weighted by molar-refractivity contribution is 5.89. The fourth-order valence-electron chi connectivity index (χ4n) is 10.4. The third-order valence-electron chi connectivity index (χ3n) is 14.6. The Labute approximate surface area is 396 Å². The first-order valence-corrected chi connectivity index (χ1v) is 23.8. The fraction of sp³-hybridized carbons (Fsp3) is 0.500. The zero-order valence-electron chi connectivity index (χ0n) is 40.6. The number of ether oxygens (including phenoxy) is 2. The molecule has 1 aliphatic heterocycles. The number of halogens is 2. The highest BCUT2D eigenvalue weighted by atomic mass is 19.3. The van der Waals surface area contributed by atoms with Crippen molar-refractivity contribution in [3.05, 3.63) is 83.6 Å². The third-order valence-corrected chi connectivity index (χ3v) is 14.6. The number of alkyl halides is 2. The van der Waals surface area contributed by atoms with E-state index in [0.717, 1.165) is 36.8 Å². The molecule has 68 heavy (non-hydrogen) atoms. The van der Waals surface area contributed by atoms with Gasteiger partial charge >= 0.3 is 12.2 Å². The SMILES string of the molecule is CC[C@@H](c1nc(-c2ccc3c(c2)C(F)(F)c2cc(-c4ccc5nc(C6C7CCC(C7)N6C(=O)C(NC(=O)OC)C(C)C)[nH]c5c4)ccc2-3)c[nH]1)N(CC(C)(C)CC)C(=O)C(NC(=O)OC)C(C)C. The molecule has 1 saturated carbocycles. The number of methoxy groups -OCH3 is 2. The lowest BCUT2D eigenvalue weighted by molar-refractivity contribution is -0.139. The lowest BCUT2D eigenvalue weighted by Crippen LogP contribution is -2.54. The molecular formula is C52H64F2N8O6. The van der Waals surface area contributed by atoms with Crippen LogP contribution in [0.2, 0.25) is 0 Å². The van der Waals surface area contributed by atoms with Crippen LogP contribution < -0.4 is 10.6 Å². The summed E-state index contributed by atoms with van der Waals surface area (Å²) in [6, 6.07) is 13.5. The van der Waals surface area contributed by atoms with Crippen LogP contribution >= 0.6 is 0 Å². The molecular weight excluding hydrogens is 871 g/mol. The predicted molar refractivity (Wildman–Crippen MR) is 255 cm³/mol. The summed E-state index contributed by atoms with van der Waals surface area (Å²) in [5.41, 5.74) is 4.18. The van der Waals surface area contributed by atoms with Crippen LogP contribution in [0.4, 0.5) is 18.4 Å². The van der Waals surface area contributed by atoms with Gasteiger partial charge in [-0.1, -0.05) is 85.7 Å². The maximum atomic E-state index is 16.8. The van der Waals surface area contributed by atoms with Crippen LogP contribution in [0.15, 0.2) is 60.8 Å². The second kappa shape index (κ2) is 18.6. The molecule has 5 unspecified atom stereocenters. The van der Waals surface area contributed by atoms with E-state index >= 15 is 8.78 Å². The summed E-state index contributed by atoms with van der Waals surface area (Å²) in [6.07, 6.45) is 4.34. The minimum atomic E-state index is -3.31. The van der Waals surface area contributed by atoms with Crippen molar-refractivity contribution in [2.45, 2.75) is 124 Å². The summed E-state index contributed by atoms with van der Waals surface area (Å²) < 4.78 is 43.2. The molecule has 8 rings (SSSR count). The van der Waals surface area contributed by atoms with E-state index in [0.29, 0.717) is 58.1 Å². The standard InChI is InChI=1S/C52H64F2N8O6/c1-11-41(61(26-51(7,8)12-2)47(63)42(27(3)4)59-49(65)67-9)45-55-25-40(58-45)31-15-19-35-34-18-14-29(22-36(34)52(53,54)37(35)23-31)30-16-20-38-39(24-30)57-46(56-38)44-32-13-17-33(21-32)62(44)48(64)43(28(5)6)60-50(66)68-10/h14-16,18-20,22-25,27-28,32-33,41-44H,11-13,17,21,26H2,1-10H3,(H,55,58)(H,56,57)(H,59,65)(H,60,66)/t32?,33?,41-,42?,43?,44?/m0/s1. The number of carbonyl (C=O) groups excluding carboxylic acids is 4. The maximum absolute atomic E-state index is 16.8. The molecule has 4 amide bonds. The molecule has 3 aromatic carbocycles. The van der Waals surface area contributed by atoms with Crippen LogP contribution in [0.1, 0.15) is 122 Å². The molecule has 362 valence electrons. The van der Waals surface area contributed by atoms with E-state index in [1.807, 2.05) is 63.8 Å². The minimum absolute atomic E-state index is 0.0404. The Hall–Kier alpha value is -6.32. The number of benzene rings is 3. The van der Waals surface area contributed by atoms with Gasteiger partial charge in [0, 0.05) is 35.5 Å². The number of aromatic amines is 2. The molecule has 1 saturated heterocycles. The second-order valence-corrected chi connectivity index (χ2v) is 20.2. The summed E-state index contributed by atoms with van der Waals surface area (Å²) in [6.45, 7) is 16.1. The van der Waals surface area contributed by atoms with Gasteiger partial charge in [0.15, 0.2) is 0 Å². The van der Waals surface area contributed by atoms with E-state index in [-0.39, 0.29) is 58.2 Å². The fourth-order valence-corrected chi connectivity index (χ4v) is 10.4. The van der Waals surface area contributed by atoms with Crippen LogP contribution in [0.3, 0.4) is 0 Å². The number of alkyl carbamates (subject to hydrolysis) is 2. The Morgan fingerprint density at radius 1 is 0.853 bits per heavy atom. The lowest BCUT2D eigenvalue weighted by atomic mass is 9.88.